The molecule has 12 aromatic rings. The molecule has 0 radical (unpaired) electrons. The first-order valence-corrected chi connectivity index (χ1v) is 28.2. The fraction of sp³-hybridized carbons (Fsp3) is 0.129. The zero-order valence-corrected chi connectivity index (χ0v) is 43.4. The van der Waals surface area contributed by atoms with Gasteiger partial charge in [0, 0.05) is 59.5 Å². The van der Waals surface area contributed by atoms with Gasteiger partial charge in [-0.05, 0) is 157 Å². The van der Waals surface area contributed by atoms with Gasteiger partial charge in [0.05, 0.1) is 20.2 Å². The van der Waals surface area contributed by atoms with Crippen LogP contribution >= 0.6 is 68.0 Å². The molecule has 328 valence electrons. The maximum absolute atomic E-state index is 2.57. The van der Waals surface area contributed by atoms with Gasteiger partial charge in [0.15, 0.2) is 0 Å². The molecule has 0 unspecified atom stereocenters. The van der Waals surface area contributed by atoms with Crippen LogP contribution in [0.3, 0.4) is 0 Å². The summed E-state index contributed by atoms with van der Waals surface area (Å²) in [5.74, 6) is 0. The summed E-state index contributed by atoms with van der Waals surface area (Å²) in [5.41, 5.74) is 17.7. The van der Waals surface area contributed by atoms with Crippen LogP contribution in [-0.4, -0.2) is 0 Å². The van der Waals surface area contributed by atoms with Crippen molar-refractivity contribution in [2.75, 3.05) is 0 Å². The van der Waals surface area contributed by atoms with Gasteiger partial charge < -0.3 is 0 Å². The Bertz CT molecular complexity index is 3650. The quantitative estimate of drug-likeness (QED) is 0.156. The molecule has 0 fully saturated rings. The number of hydrogen-bond donors (Lipinski definition) is 0. The molecule has 6 heteroatoms. The summed E-state index contributed by atoms with van der Waals surface area (Å²) in [6.45, 7) is 13.3. The van der Waals surface area contributed by atoms with Gasteiger partial charge in [-0.2, -0.15) is 0 Å². The highest BCUT2D eigenvalue weighted by Crippen LogP contribution is 2.69. The highest BCUT2D eigenvalue weighted by Gasteiger charge is 2.54. The molecular formula is C62H44S6. The van der Waals surface area contributed by atoms with Gasteiger partial charge in [0.1, 0.15) is 0 Å². The molecule has 6 aromatic carbocycles. The molecule has 0 nitrogen and oxygen atoms in total. The van der Waals surface area contributed by atoms with E-state index in [1.165, 1.54) is 146 Å². The average molecular weight is 981 g/mol. The van der Waals surface area contributed by atoms with Crippen molar-refractivity contribution in [2.45, 2.75) is 52.4 Å². The fourth-order valence-corrected chi connectivity index (χ4v) is 18.8. The lowest BCUT2D eigenvalue weighted by Crippen LogP contribution is -2.29. The maximum atomic E-state index is 2.57. The van der Waals surface area contributed by atoms with Crippen LogP contribution in [0.5, 0.6) is 0 Å². The lowest BCUT2D eigenvalue weighted by Gasteiger charge is -2.34. The van der Waals surface area contributed by atoms with E-state index >= 15 is 0 Å². The molecule has 68 heavy (non-hydrogen) atoms. The molecule has 0 spiro atoms. The third-order valence-electron chi connectivity index (χ3n) is 14.8. The summed E-state index contributed by atoms with van der Waals surface area (Å²) < 4.78 is 5.53. The first kappa shape index (κ1) is 41.3. The third-order valence-corrected chi connectivity index (χ3v) is 22.0. The van der Waals surface area contributed by atoms with Crippen molar-refractivity contribution in [3.05, 3.63) is 234 Å². The van der Waals surface area contributed by atoms with Crippen molar-refractivity contribution in [1.29, 1.82) is 0 Å². The number of benzene rings is 6. The normalized spacial score (nSPS) is 14.3. The first-order valence-electron chi connectivity index (χ1n) is 23.3. The molecule has 0 bridgehead atoms. The molecule has 2 aliphatic carbocycles. The Kier molecular flexibility index (Phi) is 9.05. The fourth-order valence-electron chi connectivity index (χ4n) is 11.6. The molecule has 2 aliphatic rings. The minimum absolute atomic E-state index is 0.538. The van der Waals surface area contributed by atoms with Crippen molar-refractivity contribution in [3.8, 4) is 40.4 Å². The highest BCUT2D eigenvalue weighted by atomic mass is 32.1. The molecule has 0 atom stereocenters. The monoisotopic (exact) mass is 980 g/mol. The van der Waals surface area contributed by atoms with Crippen LogP contribution in [0.1, 0.15) is 76.5 Å². The van der Waals surface area contributed by atoms with Gasteiger partial charge in [-0.1, -0.05) is 119 Å². The summed E-state index contributed by atoms with van der Waals surface area (Å²) in [7, 11) is 0. The predicted molar refractivity (Wildman–Crippen MR) is 300 cm³/mol. The number of rotatable bonds is 6. The van der Waals surface area contributed by atoms with Crippen LogP contribution in [0.4, 0.5) is 0 Å². The Hall–Kier alpha value is -5.70. The SMILES string of the molecule is Cc1ccc(C2(c3ccc(C)cc3)c3cc4cc(-c5ccc(C)s5)sc4cc3-c3sc4c5c(sc4c32)-c2cc3sc(-c4ccc(C)s4)cc3cc2C5(c2ccc(C)cc2)c2ccc(C)cc2)cc1. The summed E-state index contributed by atoms with van der Waals surface area (Å²) in [6.07, 6.45) is 0. The van der Waals surface area contributed by atoms with Crippen LogP contribution < -0.4 is 0 Å². The summed E-state index contributed by atoms with van der Waals surface area (Å²) in [4.78, 5) is 10.9. The Morgan fingerprint density at radius 3 is 0.956 bits per heavy atom. The maximum Gasteiger partial charge on any atom is 0.0736 e. The standard InChI is InChI=1S/C62H44S6/c1-33-7-17-41(18-8-33)61(42-19-9-34(2)10-20-42)47-27-39-29-53(49-25-15-37(5)63-49)65-51(39)31-45(47)57-55(61)59-60(67-57)56-58(68-59)46-32-52-40(30-54(66-52)50-26-16-38(6)64-50)28-48(46)62(56,43-21-11-35(3)12-22-43)44-23-13-36(4)14-24-44/h7-32H,1-6H3. The van der Waals surface area contributed by atoms with Gasteiger partial charge in [0.2, 0.25) is 0 Å². The number of fused-ring (bicyclic) bond motifs is 11. The largest absolute Gasteiger partial charge is 0.140 e. The van der Waals surface area contributed by atoms with Gasteiger partial charge in [-0.25, -0.2) is 0 Å². The summed E-state index contributed by atoms with van der Waals surface area (Å²) in [5, 5.41) is 2.64. The second kappa shape index (κ2) is 14.9. The van der Waals surface area contributed by atoms with E-state index in [1.807, 2.05) is 45.3 Å². The van der Waals surface area contributed by atoms with Gasteiger partial charge in [-0.3, -0.25) is 0 Å². The van der Waals surface area contributed by atoms with Gasteiger partial charge >= 0.3 is 0 Å². The third kappa shape index (κ3) is 5.73. The van der Waals surface area contributed by atoms with E-state index in [4.69, 9.17) is 0 Å². The van der Waals surface area contributed by atoms with E-state index < -0.39 is 10.8 Å². The summed E-state index contributed by atoms with van der Waals surface area (Å²) in [6, 6.07) is 62.3. The van der Waals surface area contributed by atoms with Crippen LogP contribution in [-0.2, 0) is 10.8 Å². The molecule has 14 rings (SSSR count). The first-order chi connectivity index (χ1) is 33.1. The average Bonchev–Trinajstić information content (AvgIpc) is 4.22. The molecule has 6 aromatic heterocycles. The van der Waals surface area contributed by atoms with E-state index in [0.29, 0.717) is 0 Å². The topological polar surface area (TPSA) is 0 Å². The smallest absolute Gasteiger partial charge is 0.0736 e. The zero-order chi connectivity index (χ0) is 45.8. The molecule has 6 heterocycles. The van der Waals surface area contributed by atoms with Gasteiger partial charge in [-0.15, -0.1) is 68.0 Å². The van der Waals surface area contributed by atoms with Crippen LogP contribution in [0.15, 0.2) is 158 Å². The van der Waals surface area contributed by atoms with Crippen molar-refractivity contribution in [3.63, 3.8) is 0 Å². The summed E-state index contributed by atoms with van der Waals surface area (Å²) >= 11 is 11.8. The van der Waals surface area contributed by atoms with Crippen LogP contribution in [0.2, 0.25) is 0 Å². The molecule has 0 aliphatic heterocycles. The van der Waals surface area contributed by atoms with Crippen molar-refractivity contribution in [2.24, 2.45) is 0 Å². The van der Waals surface area contributed by atoms with Crippen molar-refractivity contribution < 1.29 is 0 Å². The van der Waals surface area contributed by atoms with E-state index in [0.717, 1.165) is 0 Å². The van der Waals surface area contributed by atoms with E-state index in [-0.39, 0.29) is 0 Å². The lowest BCUT2D eigenvalue weighted by molar-refractivity contribution is 0.774. The Labute approximate surface area is 421 Å². The molecule has 0 amide bonds. The molecule has 0 saturated carbocycles. The van der Waals surface area contributed by atoms with Crippen molar-refractivity contribution >= 4 is 97.6 Å². The van der Waals surface area contributed by atoms with Crippen molar-refractivity contribution in [1.82, 2.24) is 0 Å². The highest BCUT2D eigenvalue weighted by molar-refractivity contribution is 7.32. The Morgan fingerprint density at radius 2 is 0.647 bits per heavy atom. The van der Waals surface area contributed by atoms with Crippen LogP contribution in [0.25, 0.3) is 70.0 Å². The second-order valence-electron chi connectivity index (χ2n) is 19.1. The van der Waals surface area contributed by atoms with E-state index in [1.54, 1.807) is 0 Å². The number of hydrogen-bond acceptors (Lipinski definition) is 6. The second-order valence-corrected chi connectivity index (χ2v) is 25.9. The molecule has 0 N–H and O–H groups in total. The lowest BCUT2D eigenvalue weighted by atomic mass is 9.66. The number of thiophene rings is 6. The molecule has 0 saturated heterocycles. The minimum Gasteiger partial charge on any atom is -0.140 e. The Balaban J connectivity index is 1.13. The molecular weight excluding hydrogens is 937 g/mol. The number of aryl methyl sites for hydroxylation is 6. The minimum atomic E-state index is -0.538. The van der Waals surface area contributed by atoms with Gasteiger partial charge in [0.25, 0.3) is 0 Å². The van der Waals surface area contributed by atoms with Crippen LogP contribution in [0, 0.1) is 41.5 Å². The van der Waals surface area contributed by atoms with E-state index in [2.05, 4.69) is 222 Å². The zero-order valence-electron chi connectivity index (χ0n) is 38.5. The predicted octanol–water partition coefficient (Wildman–Crippen LogP) is 19.4. The Morgan fingerprint density at radius 1 is 0.309 bits per heavy atom. The van der Waals surface area contributed by atoms with E-state index in [9.17, 15) is 0 Å².